The molecule has 0 radical (unpaired) electrons. The fourth-order valence-corrected chi connectivity index (χ4v) is 2.32. The molecular weight excluding hydrogens is 208 g/mol. The lowest BCUT2D eigenvalue weighted by atomic mass is 9.97. The van der Waals surface area contributed by atoms with Crippen molar-refractivity contribution in [3.8, 4) is 0 Å². The SMILES string of the molecule is COCCc1nc(=S)c2c([nH]1)CCCC2. The number of H-pyrrole nitrogens is 1. The van der Waals surface area contributed by atoms with E-state index in [4.69, 9.17) is 17.0 Å². The van der Waals surface area contributed by atoms with Crippen molar-refractivity contribution < 1.29 is 4.74 Å². The molecule has 3 nitrogen and oxygen atoms in total. The number of methoxy groups -OCH3 is 1. The molecule has 82 valence electrons. The number of rotatable bonds is 3. The Bertz CT molecular complexity index is 400. The Labute approximate surface area is 94.9 Å². The fourth-order valence-electron chi connectivity index (χ4n) is 1.99. The molecule has 0 aromatic carbocycles. The highest BCUT2D eigenvalue weighted by Gasteiger charge is 2.12. The van der Waals surface area contributed by atoms with Crippen molar-refractivity contribution in [2.75, 3.05) is 13.7 Å². The summed E-state index contributed by atoms with van der Waals surface area (Å²) < 4.78 is 5.82. The molecule has 0 saturated heterocycles. The lowest BCUT2D eigenvalue weighted by Gasteiger charge is -2.16. The van der Waals surface area contributed by atoms with Crippen molar-refractivity contribution >= 4 is 12.2 Å². The topological polar surface area (TPSA) is 37.9 Å². The minimum Gasteiger partial charge on any atom is -0.384 e. The molecular formula is C11H16N2OS. The molecule has 2 rings (SSSR count). The number of fused-ring (bicyclic) bond motifs is 1. The fraction of sp³-hybridized carbons (Fsp3) is 0.636. The molecule has 0 spiro atoms. The van der Waals surface area contributed by atoms with Gasteiger partial charge in [0.25, 0.3) is 0 Å². The van der Waals surface area contributed by atoms with Gasteiger partial charge in [-0.05, 0) is 25.7 Å². The Balaban J connectivity index is 2.28. The molecule has 0 atom stereocenters. The zero-order valence-electron chi connectivity index (χ0n) is 9.01. The van der Waals surface area contributed by atoms with Gasteiger partial charge in [-0.3, -0.25) is 0 Å². The minimum atomic E-state index is 0.692. The van der Waals surface area contributed by atoms with Gasteiger partial charge in [-0.15, -0.1) is 0 Å². The third kappa shape index (κ3) is 2.44. The van der Waals surface area contributed by atoms with E-state index in [2.05, 4.69) is 9.97 Å². The first-order valence-corrected chi connectivity index (χ1v) is 5.82. The summed E-state index contributed by atoms with van der Waals surface area (Å²) in [7, 11) is 1.70. The van der Waals surface area contributed by atoms with Gasteiger partial charge >= 0.3 is 0 Å². The maximum Gasteiger partial charge on any atom is 0.133 e. The molecule has 1 aliphatic carbocycles. The van der Waals surface area contributed by atoms with Crippen LogP contribution in [0.5, 0.6) is 0 Å². The Morgan fingerprint density at radius 2 is 2.20 bits per heavy atom. The van der Waals surface area contributed by atoms with Crippen molar-refractivity contribution in [3.05, 3.63) is 21.7 Å². The molecule has 0 aliphatic heterocycles. The third-order valence-corrected chi connectivity index (χ3v) is 3.14. The van der Waals surface area contributed by atoms with E-state index < -0.39 is 0 Å². The van der Waals surface area contributed by atoms with Crippen LogP contribution in [0.25, 0.3) is 0 Å². The van der Waals surface area contributed by atoms with Crippen LogP contribution in [0.2, 0.25) is 0 Å². The molecule has 0 bridgehead atoms. The average Bonchev–Trinajstić information content (AvgIpc) is 2.26. The largest absolute Gasteiger partial charge is 0.384 e. The van der Waals surface area contributed by atoms with E-state index in [-0.39, 0.29) is 0 Å². The molecule has 1 aliphatic rings. The molecule has 1 aromatic rings. The van der Waals surface area contributed by atoms with Crippen LogP contribution in [0.1, 0.15) is 29.9 Å². The Kier molecular flexibility index (Phi) is 3.49. The van der Waals surface area contributed by atoms with Gasteiger partial charge in [-0.1, -0.05) is 12.2 Å². The normalized spacial score (nSPS) is 15.0. The van der Waals surface area contributed by atoms with Crippen LogP contribution in [0.3, 0.4) is 0 Å². The molecule has 1 heterocycles. The van der Waals surface area contributed by atoms with Gasteiger partial charge < -0.3 is 9.72 Å². The van der Waals surface area contributed by atoms with Gasteiger partial charge in [-0.2, -0.15) is 0 Å². The maximum absolute atomic E-state index is 5.30. The summed E-state index contributed by atoms with van der Waals surface area (Å²) in [6.07, 6.45) is 5.51. The van der Waals surface area contributed by atoms with Gasteiger partial charge in [0.15, 0.2) is 0 Å². The van der Waals surface area contributed by atoms with E-state index in [1.165, 1.54) is 24.1 Å². The third-order valence-electron chi connectivity index (χ3n) is 2.80. The monoisotopic (exact) mass is 224 g/mol. The molecule has 0 unspecified atom stereocenters. The van der Waals surface area contributed by atoms with Crippen LogP contribution < -0.4 is 0 Å². The second-order valence-electron chi connectivity index (χ2n) is 3.90. The van der Waals surface area contributed by atoms with E-state index in [9.17, 15) is 0 Å². The predicted octanol–water partition coefficient (Wildman–Crippen LogP) is 2.21. The first kappa shape index (κ1) is 10.8. The van der Waals surface area contributed by atoms with Crippen LogP contribution in [0, 0.1) is 4.64 Å². The van der Waals surface area contributed by atoms with Gasteiger partial charge in [0.05, 0.1) is 6.61 Å². The second kappa shape index (κ2) is 4.86. The van der Waals surface area contributed by atoms with Crippen LogP contribution in [0.4, 0.5) is 0 Å². The zero-order chi connectivity index (χ0) is 10.7. The number of aromatic amines is 1. The number of ether oxygens (including phenoxy) is 1. The van der Waals surface area contributed by atoms with Crippen molar-refractivity contribution in [3.63, 3.8) is 0 Å². The maximum atomic E-state index is 5.30. The van der Waals surface area contributed by atoms with Crippen molar-refractivity contribution in [1.29, 1.82) is 0 Å². The Hall–Kier alpha value is -0.740. The summed E-state index contributed by atoms with van der Waals surface area (Å²) in [5, 5.41) is 0. The molecule has 1 N–H and O–H groups in total. The van der Waals surface area contributed by atoms with Crippen molar-refractivity contribution in [2.24, 2.45) is 0 Å². The van der Waals surface area contributed by atoms with E-state index in [1.807, 2.05) is 0 Å². The zero-order valence-corrected chi connectivity index (χ0v) is 9.82. The summed E-state index contributed by atoms with van der Waals surface area (Å²) in [5.74, 6) is 0.961. The number of nitrogens with zero attached hydrogens (tertiary/aromatic N) is 1. The summed E-state index contributed by atoms with van der Waals surface area (Å²) in [4.78, 5) is 7.79. The van der Waals surface area contributed by atoms with Crippen LogP contribution >= 0.6 is 12.2 Å². The smallest absolute Gasteiger partial charge is 0.133 e. The van der Waals surface area contributed by atoms with Gasteiger partial charge in [0.1, 0.15) is 10.5 Å². The van der Waals surface area contributed by atoms with E-state index in [0.29, 0.717) is 6.61 Å². The number of nitrogens with one attached hydrogen (secondary N) is 1. The lowest BCUT2D eigenvalue weighted by Crippen LogP contribution is -2.11. The molecule has 0 fully saturated rings. The molecule has 4 heteroatoms. The van der Waals surface area contributed by atoms with Crippen molar-refractivity contribution in [2.45, 2.75) is 32.1 Å². The highest BCUT2D eigenvalue weighted by molar-refractivity contribution is 7.71. The lowest BCUT2D eigenvalue weighted by molar-refractivity contribution is 0.200. The molecule has 15 heavy (non-hydrogen) atoms. The van der Waals surface area contributed by atoms with E-state index in [0.717, 1.165) is 29.7 Å². The number of aromatic nitrogens is 2. The van der Waals surface area contributed by atoms with E-state index in [1.54, 1.807) is 7.11 Å². The highest BCUT2D eigenvalue weighted by Crippen LogP contribution is 2.19. The molecule has 1 aromatic heterocycles. The first-order chi connectivity index (χ1) is 7.31. The summed E-state index contributed by atoms with van der Waals surface area (Å²) in [6.45, 7) is 0.692. The van der Waals surface area contributed by atoms with Crippen LogP contribution in [-0.4, -0.2) is 23.7 Å². The second-order valence-corrected chi connectivity index (χ2v) is 4.28. The summed E-state index contributed by atoms with van der Waals surface area (Å²) in [6, 6.07) is 0. The quantitative estimate of drug-likeness (QED) is 0.800. The summed E-state index contributed by atoms with van der Waals surface area (Å²) >= 11 is 5.30. The van der Waals surface area contributed by atoms with E-state index >= 15 is 0 Å². The minimum absolute atomic E-state index is 0.692. The number of hydrogen-bond acceptors (Lipinski definition) is 3. The van der Waals surface area contributed by atoms with Crippen molar-refractivity contribution in [1.82, 2.24) is 9.97 Å². The predicted molar refractivity (Wildman–Crippen MR) is 61.6 cm³/mol. The number of aryl methyl sites for hydroxylation is 1. The average molecular weight is 224 g/mol. The van der Waals surface area contributed by atoms with Crippen LogP contribution in [0.15, 0.2) is 0 Å². The number of hydrogen-bond donors (Lipinski definition) is 1. The van der Waals surface area contributed by atoms with Gasteiger partial charge in [0.2, 0.25) is 0 Å². The standard InChI is InChI=1S/C11H16N2OS/c1-14-7-6-10-12-9-5-3-2-4-8(9)11(15)13-10/h2-7H2,1H3,(H,12,13,15). The molecule has 0 saturated carbocycles. The van der Waals surface area contributed by atoms with Crippen LogP contribution in [-0.2, 0) is 24.0 Å². The summed E-state index contributed by atoms with van der Waals surface area (Å²) in [5.41, 5.74) is 2.56. The Morgan fingerprint density at radius 3 is 3.00 bits per heavy atom. The Morgan fingerprint density at radius 1 is 1.40 bits per heavy atom. The first-order valence-electron chi connectivity index (χ1n) is 5.41. The van der Waals surface area contributed by atoms with Gasteiger partial charge in [-0.25, -0.2) is 4.98 Å². The highest BCUT2D eigenvalue weighted by atomic mass is 32.1. The van der Waals surface area contributed by atoms with Gasteiger partial charge in [0, 0.05) is 24.8 Å². The molecule has 0 amide bonds.